The standard InChI is InChI=1S/C24BF20.C21H16NO3S/c26-5-1(6(27)14(35)21(42)13(5)34)25(2-7(28)15(36)22(43)16(37)8(2)29,3-9(30)17(38)23(44)18(39)10(3)31)4-11(32)19(40)24(45)20(41)12(4)33;23-22(24)20-13-11-19(12-14-20)17-26(25,21-9-5-2-6-10-21)16-15-18-7-3-1-4-8-18/h;1-14H,17H2/q-1;+1. The van der Waals surface area contributed by atoms with Crippen LogP contribution in [0.15, 0.2) is 89.8 Å². The van der Waals surface area contributed by atoms with Crippen LogP contribution in [0.1, 0.15) is 11.1 Å². The van der Waals surface area contributed by atoms with Gasteiger partial charge in [-0.3, -0.25) is 10.1 Å². The van der Waals surface area contributed by atoms with Crippen molar-refractivity contribution in [3.05, 3.63) is 223 Å². The molecule has 1 atom stereocenters. The molecule has 1 unspecified atom stereocenters. The van der Waals surface area contributed by atoms with E-state index in [1.54, 1.807) is 24.3 Å². The zero-order chi connectivity index (χ0) is 52.8. The molecule has 0 aliphatic rings. The molecule has 7 aromatic carbocycles. The highest BCUT2D eigenvalue weighted by atomic mass is 32.2. The van der Waals surface area contributed by atoms with Crippen LogP contribution in [0.3, 0.4) is 0 Å². The summed E-state index contributed by atoms with van der Waals surface area (Å²) in [4.78, 5) is 11.0. The van der Waals surface area contributed by atoms with E-state index in [0.29, 0.717) is 4.90 Å². The van der Waals surface area contributed by atoms with E-state index in [1.165, 1.54) is 12.1 Å². The lowest BCUT2D eigenvalue weighted by Gasteiger charge is -2.44. The fraction of sp³-hybridized carbons (Fsp3) is 0.0222. The number of hydrogen-bond donors (Lipinski definition) is 0. The van der Waals surface area contributed by atoms with Crippen LogP contribution in [0.4, 0.5) is 93.5 Å². The third kappa shape index (κ3) is 8.93. The summed E-state index contributed by atoms with van der Waals surface area (Å²) in [7, 11) is -2.68. The molecule has 0 fully saturated rings. The summed E-state index contributed by atoms with van der Waals surface area (Å²) in [5.74, 6) is -68.2. The summed E-state index contributed by atoms with van der Waals surface area (Å²) in [6.45, 7) is 0. The Morgan fingerprint density at radius 1 is 0.394 bits per heavy atom. The summed E-state index contributed by atoms with van der Waals surface area (Å²) in [5, 5.41) is 13.8. The highest BCUT2D eigenvalue weighted by Gasteiger charge is 2.52. The van der Waals surface area contributed by atoms with Crippen molar-refractivity contribution < 1.29 is 96.9 Å². The van der Waals surface area contributed by atoms with Gasteiger partial charge in [0, 0.05) is 23.3 Å². The lowest BCUT2D eigenvalue weighted by molar-refractivity contribution is -0.384. The van der Waals surface area contributed by atoms with Crippen LogP contribution in [0.2, 0.25) is 0 Å². The van der Waals surface area contributed by atoms with Crippen molar-refractivity contribution in [3.63, 3.8) is 0 Å². The van der Waals surface area contributed by atoms with Crippen LogP contribution in [0, 0.1) is 138 Å². The summed E-state index contributed by atoms with van der Waals surface area (Å²) in [6.07, 6.45) is -7.22. The van der Waals surface area contributed by atoms with Gasteiger partial charge in [0.1, 0.15) is 52.7 Å². The molecular formula is C45H16BF20NO3S. The second-order valence-electron chi connectivity index (χ2n) is 14.4. The zero-order valence-electron chi connectivity index (χ0n) is 34.0. The minimum atomic E-state index is -7.22. The first-order valence-electron chi connectivity index (χ1n) is 18.9. The Labute approximate surface area is 384 Å². The topological polar surface area (TPSA) is 60.2 Å². The van der Waals surface area contributed by atoms with Crippen LogP contribution >= 0.6 is 0 Å². The highest BCUT2D eigenvalue weighted by molar-refractivity contribution is 8.06. The van der Waals surface area contributed by atoms with Crippen LogP contribution in [0.25, 0.3) is 0 Å². The van der Waals surface area contributed by atoms with Gasteiger partial charge in [-0.05, 0) is 42.3 Å². The molecule has 7 aromatic rings. The Balaban J connectivity index is 0.000000268. The van der Waals surface area contributed by atoms with Gasteiger partial charge in [0.15, 0.2) is 95.6 Å². The van der Waals surface area contributed by atoms with Gasteiger partial charge in [-0.25, -0.2) is 87.8 Å². The van der Waals surface area contributed by atoms with Gasteiger partial charge in [-0.2, -0.15) is 0 Å². The van der Waals surface area contributed by atoms with Crippen LogP contribution in [0.5, 0.6) is 0 Å². The largest absolute Gasteiger partial charge is 0.269 e. The summed E-state index contributed by atoms with van der Waals surface area (Å²) < 4.78 is 308. The lowest BCUT2D eigenvalue weighted by Crippen LogP contribution is -2.81. The van der Waals surface area contributed by atoms with E-state index < -0.39 is 159 Å². The Bertz CT molecular complexity index is 3030. The zero-order valence-corrected chi connectivity index (χ0v) is 34.8. The average molecular weight is 1040 g/mol. The number of nitro groups is 1. The van der Waals surface area contributed by atoms with E-state index >= 15 is 35.1 Å². The second kappa shape index (κ2) is 20.0. The first-order chi connectivity index (χ1) is 33.3. The number of nitro benzene ring substituents is 1. The van der Waals surface area contributed by atoms with E-state index in [9.17, 15) is 67.0 Å². The van der Waals surface area contributed by atoms with Gasteiger partial charge >= 0.3 is 0 Å². The SMILES string of the molecule is Fc1c(F)c(F)c([B-](c2c(F)c(F)c(F)c(F)c2F)(c2c(F)c(F)c(F)c(F)c2F)c2c(F)c(F)c(F)c(F)c2F)c(F)c1F.O=[N+]([O-])c1ccc(C[S+](=O)(C#Cc2ccccc2)c2ccccc2)cc1. The molecule has 0 aliphatic carbocycles. The van der Waals surface area contributed by atoms with Crippen molar-refractivity contribution in [2.75, 3.05) is 0 Å². The van der Waals surface area contributed by atoms with Crippen molar-refractivity contribution >= 4 is 43.6 Å². The Kier molecular flexibility index (Phi) is 14.8. The Morgan fingerprint density at radius 2 is 0.662 bits per heavy atom. The molecule has 368 valence electrons. The minimum absolute atomic E-state index is 0.00956. The smallest absolute Gasteiger partial charge is 0.258 e. The van der Waals surface area contributed by atoms with E-state index in [0.717, 1.165) is 11.1 Å². The first-order valence-corrected chi connectivity index (χ1v) is 20.6. The maximum Gasteiger partial charge on any atom is 0.269 e. The van der Waals surface area contributed by atoms with E-state index in [4.69, 9.17) is 0 Å². The molecule has 7 rings (SSSR count). The molecule has 0 spiro atoms. The number of nitrogens with zero attached hydrogens (tertiary/aromatic N) is 1. The molecule has 0 amide bonds. The number of non-ortho nitro benzene ring substituents is 1. The summed E-state index contributed by atoms with van der Waals surface area (Å²) >= 11 is 0. The van der Waals surface area contributed by atoms with Crippen molar-refractivity contribution in [3.8, 4) is 11.2 Å². The maximum atomic E-state index is 15.4. The van der Waals surface area contributed by atoms with E-state index in [-0.39, 0.29) is 11.4 Å². The molecule has 0 aromatic heterocycles. The van der Waals surface area contributed by atoms with Gasteiger partial charge < -0.3 is 0 Å². The normalized spacial score (nSPS) is 12.2. The monoisotopic (exact) mass is 1040 g/mol. The summed E-state index contributed by atoms with van der Waals surface area (Å²) in [6, 6.07) is 24.6. The molecule has 4 nitrogen and oxygen atoms in total. The lowest BCUT2D eigenvalue weighted by atomic mass is 9.12. The van der Waals surface area contributed by atoms with Gasteiger partial charge in [-0.1, -0.05) is 40.6 Å². The Hall–Kier alpha value is -7.69. The molecule has 26 heteroatoms. The average Bonchev–Trinajstić information content (AvgIpc) is 3.36. The second-order valence-corrected chi connectivity index (χ2v) is 16.8. The quantitative estimate of drug-likeness (QED) is 0.0223. The Morgan fingerprint density at radius 3 is 0.944 bits per heavy atom. The molecular weight excluding hydrogens is 1030 g/mol. The third-order valence-corrected chi connectivity index (χ3v) is 12.7. The van der Waals surface area contributed by atoms with Gasteiger partial charge in [0.05, 0.1) is 4.92 Å². The predicted molar refractivity (Wildman–Crippen MR) is 212 cm³/mol. The van der Waals surface area contributed by atoms with Crippen LogP contribution < -0.4 is 21.9 Å². The molecule has 0 saturated carbocycles. The third-order valence-electron chi connectivity index (χ3n) is 10.5. The molecule has 0 aliphatic heterocycles. The van der Waals surface area contributed by atoms with E-state index in [2.05, 4.69) is 11.2 Å². The minimum Gasteiger partial charge on any atom is -0.258 e. The number of hydrogen-bond acceptors (Lipinski definition) is 3. The fourth-order valence-electron chi connectivity index (χ4n) is 7.30. The first kappa shape index (κ1) is 52.7. The molecule has 0 heterocycles. The van der Waals surface area contributed by atoms with Crippen LogP contribution in [-0.2, 0) is 19.9 Å². The van der Waals surface area contributed by atoms with Crippen molar-refractivity contribution in [2.24, 2.45) is 0 Å². The molecule has 0 bridgehead atoms. The molecule has 0 N–H and O–H groups in total. The maximum absolute atomic E-state index is 15.4. The van der Waals surface area contributed by atoms with Crippen molar-refractivity contribution in [2.45, 2.75) is 10.6 Å². The molecule has 0 saturated heterocycles. The number of rotatable bonds is 8. The van der Waals surface area contributed by atoms with Crippen molar-refractivity contribution in [1.82, 2.24) is 0 Å². The number of benzene rings is 7. The van der Waals surface area contributed by atoms with Crippen molar-refractivity contribution in [1.29, 1.82) is 0 Å². The highest BCUT2D eigenvalue weighted by Crippen LogP contribution is 2.31. The summed E-state index contributed by atoms with van der Waals surface area (Å²) in [5.41, 5.74) is -12.8. The van der Waals surface area contributed by atoms with Gasteiger partial charge in [0.2, 0.25) is 0 Å². The molecule has 0 radical (unpaired) electrons. The molecule has 71 heavy (non-hydrogen) atoms. The van der Waals surface area contributed by atoms with Crippen LogP contribution in [-0.4, -0.2) is 11.1 Å². The number of halogens is 20. The predicted octanol–water partition coefficient (Wildman–Crippen LogP) is 10.5. The van der Waals surface area contributed by atoms with Gasteiger partial charge in [-0.15, -0.1) is 21.9 Å². The van der Waals surface area contributed by atoms with Gasteiger partial charge in [0.25, 0.3) is 5.69 Å². The fourth-order valence-corrected chi connectivity index (χ4v) is 9.20. The van der Waals surface area contributed by atoms with E-state index in [1.807, 2.05) is 48.5 Å².